The number of rotatable bonds is 4. The van der Waals surface area contributed by atoms with Crippen LogP contribution in [-0.2, 0) is 0 Å². The second kappa shape index (κ2) is 6.62. The van der Waals surface area contributed by atoms with Crippen LogP contribution in [0, 0.1) is 5.92 Å². The predicted molar refractivity (Wildman–Crippen MR) is 76.0 cm³/mol. The number of amides is 1. The molecule has 1 amide bonds. The van der Waals surface area contributed by atoms with E-state index in [1.165, 1.54) is 0 Å². The summed E-state index contributed by atoms with van der Waals surface area (Å²) in [5, 5.41) is 3.12. The smallest absolute Gasteiger partial charge is 0.252 e. The van der Waals surface area contributed by atoms with Gasteiger partial charge in [-0.25, -0.2) is 0 Å². The van der Waals surface area contributed by atoms with Gasteiger partial charge in [-0.1, -0.05) is 41.4 Å². The average Bonchev–Trinajstić information content (AvgIpc) is 2.25. The van der Waals surface area contributed by atoms with Crippen LogP contribution in [0.25, 0.3) is 0 Å². The topological polar surface area (TPSA) is 29.1 Å². The number of carbonyl (C=O) groups excluding carboxylic acids is 1. The number of hydrogen-bond donors (Lipinski definition) is 1. The molecule has 17 heavy (non-hydrogen) atoms. The van der Waals surface area contributed by atoms with Gasteiger partial charge in [-0.05, 0) is 24.1 Å². The minimum Gasteiger partial charge on any atom is -0.350 e. The predicted octanol–water partition coefficient (Wildman–Crippen LogP) is 4.10. The Kier molecular flexibility index (Phi) is 5.77. The molecular weight excluding hydrogens is 325 g/mol. The van der Waals surface area contributed by atoms with E-state index in [9.17, 15) is 4.79 Å². The highest BCUT2D eigenvalue weighted by atomic mass is 79.9. The molecule has 0 aromatic heterocycles. The van der Waals surface area contributed by atoms with Gasteiger partial charge in [-0.15, -0.1) is 11.6 Å². The van der Waals surface area contributed by atoms with Gasteiger partial charge in [0.05, 0.1) is 16.0 Å². The Morgan fingerprint density at radius 2 is 2.12 bits per heavy atom. The van der Waals surface area contributed by atoms with Gasteiger partial charge in [0.25, 0.3) is 5.91 Å². The van der Waals surface area contributed by atoms with Gasteiger partial charge in [-0.3, -0.25) is 4.79 Å². The Morgan fingerprint density at radius 3 is 2.65 bits per heavy atom. The highest BCUT2D eigenvalue weighted by Crippen LogP contribution is 2.21. The summed E-state index contributed by atoms with van der Waals surface area (Å²) < 4.78 is 0.844. The number of alkyl halides is 1. The SMILES string of the molecule is CC(C)C(Cl)CNC(=O)c1ccc(Br)cc1Cl. The van der Waals surface area contributed by atoms with Gasteiger partial charge in [0.1, 0.15) is 0 Å². The van der Waals surface area contributed by atoms with Crippen LogP contribution < -0.4 is 5.32 Å². The molecule has 1 atom stereocenters. The molecule has 0 bridgehead atoms. The summed E-state index contributed by atoms with van der Waals surface area (Å²) in [4.78, 5) is 11.8. The molecule has 0 spiro atoms. The van der Waals surface area contributed by atoms with Crippen molar-refractivity contribution in [2.24, 2.45) is 5.92 Å². The second-order valence-corrected chi connectivity index (χ2v) is 5.98. The fourth-order valence-electron chi connectivity index (χ4n) is 1.19. The fourth-order valence-corrected chi connectivity index (χ4v) is 2.03. The molecule has 94 valence electrons. The van der Waals surface area contributed by atoms with Crippen molar-refractivity contribution in [1.82, 2.24) is 5.32 Å². The van der Waals surface area contributed by atoms with Crippen molar-refractivity contribution < 1.29 is 4.79 Å². The summed E-state index contributed by atoms with van der Waals surface area (Å²) in [6.45, 7) is 4.46. The van der Waals surface area contributed by atoms with Crippen LogP contribution in [-0.4, -0.2) is 17.8 Å². The Labute approximate surface area is 120 Å². The van der Waals surface area contributed by atoms with Crippen LogP contribution in [0.15, 0.2) is 22.7 Å². The van der Waals surface area contributed by atoms with E-state index in [4.69, 9.17) is 23.2 Å². The minimum atomic E-state index is -0.200. The van der Waals surface area contributed by atoms with Crippen LogP contribution in [0.3, 0.4) is 0 Å². The van der Waals surface area contributed by atoms with E-state index < -0.39 is 0 Å². The first-order valence-electron chi connectivity index (χ1n) is 5.29. The summed E-state index contributed by atoms with van der Waals surface area (Å²) >= 11 is 15.3. The maximum absolute atomic E-state index is 11.8. The molecule has 0 aliphatic rings. The number of halogens is 3. The van der Waals surface area contributed by atoms with Gasteiger partial charge in [0.2, 0.25) is 0 Å². The monoisotopic (exact) mass is 337 g/mol. The Hall–Kier alpha value is -0.250. The van der Waals surface area contributed by atoms with Gasteiger partial charge < -0.3 is 5.32 Å². The summed E-state index contributed by atoms with van der Waals surface area (Å²) in [5.41, 5.74) is 0.461. The van der Waals surface area contributed by atoms with Crippen LogP contribution >= 0.6 is 39.1 Å². The number of benzene rings is 1. The standard InChI is InChI=1S/C12H14BrCl2NO/c1-7(2)11(15)6-16-12(17)9-4-3-8(13)5-10(9)14/h3-5,7,11H,6H2,1-2H3,(H,16,17). The molecule has 0 aliphatic carbocycles. The molecule has 0 fully saturated rings. The van der Waals surface area contributed by atoms with Crippen molar-refractivity contribution in [3.8, 4) is 0 Å². The normalized spacial score (nSPS) is 12.6. The first-order valence-corrected chi connectivity index (χ1v) is 6.90. The quantitative estimate of drug-likeness (QED) is 0.823. The average molecular weight is 339 g/mol. The molecule has 1 aromatic carbocycles. The molecule has 0 saturated heterocycles. The van der Waals surface area contributed by atoms with Crippen molar-refractivity contribution >= 4 is 45.0 Å². The largest absolute Gasteiger partial charge is 0.350 e. The van der Waals surface area contributed by atoms with Crippen LogP contribution in [0.4, 0.5) is 0 Å². The lowest BCUT2D eigenvalue weighted by atomic mass is 10.1. The summed E-state index contributed by atoms with van der Waals surface area (Å²) in [7, 11) is 0. The van der Waals surface area contributed by atoms with Gasteiger partial charge >= 0.3 is 0 Å². The van der Waals surface area contributed by atoms with Crippen molar-refractivity contribution in [2.45, 2.75) is 19.2 Å². The maximum Gasteiger partial charge on any atom is 0.252 e. The van der Waals surface area contributed by atoms with Crippen LogP contribution in [0.1, 0.15) is 24.2 Å². The molecule has 0 aliphatic heterocycles. The zero-order valence-corrected chi connectivity index (χ0v) is 12.7. The Morgan fingerprint density at radius 1 is 1.47 bits per heavy atom. The lowest BCUT2D eigenvalue weighted by Crippen LogP contribution is -2.32. The fraction of sp³-hybridized carbons (Fsp3) is 0.417. The van der Waals surface area contributed by atoms with E-state index in [-0.39, 0.29) is 11.3 Å². The maximum atomic E-state index is 11.8. The number of hydrogen-bond acceptors (Lipinski definition) is 1. The number of nitrogens with one attached hydrogen (secondary N) is 1. The summed E-state index contributed by atoms with van der Waals surface area (Å²) in [5.74, 6) is 0.117. The van der Waals surface area contributed by atoms with E-state index in [0.717, 1.165) is 4.47 Å². The van der Waals surface area contributed by atoms with Gasteiger partial charge in [-0.2, -0.15) is 0 Å². The van der Waals surface area contributed by atoms with Crippen molar-refractivity contribution in [3.05, 3.63) is 33.3 Å². The highest BCUT2D eigenvalue weighted by Gasteiger charge is 2.14. The molecule has 1 aromatic rings. The van der Waals surface area contributed by atoms with Crippen molar-refractivity contribution in [3.63, 3.8) is 0 Å². The second-order valence-electron chi connectivity index (χ2n) is 4.09. The van der Waals surface area contributed by atoms with E-state index in [1.807, 2.05) is 13.8 Å². The number of carbonyl (C=O) groups is 1. The zero-order chi connectivity index (χ0) is 13.0. The molecule has 0 heterocycles. The minimum absolute atomic E-state index is 0.0758. The molecular formula is C12H14BrCl2NO. The highest BCUT2D eigenvalue weighted by molar-refractivity contribution is 9.10. The molecule has 0 radical (unpaired) electrons. The third kappa shape index (κ3) is 4.49. The van der Waals surface area contributed by atoms with Crippen molar-refractivity contribution in [1.29, 1.82) is 0 Å². The summed E-state index contributed by atoms with van der Waals surface area (Å²) in [6.07, 6.45) is 0. The molecule has 1 N–H and O–H groups in total. The lowest BCUT2D eigenvalue weighted by molar-refractivity contribution is 0.0952. The molecule has 0 saturated carbocycles. The third-order valence-electron chi connectivity index (χ3n) is 2.36. The van der Waals surface area contributed by atoms with E-state index in [0.29, 0.717) is 23.0 Å². The Balaban J connectivity index is 2.64. The van der Waals surface area contributed by atoms with Crippen LogP contribution in [0.2, 0.25) is 5.02 Å². The third-order valence-corrected chi connectivity index (χ3v) is 3.82. The first-order chi connectivity index (χ1) is 7.91. The zero-order valence-electron chi connectivity index (χ0n) is 9.64. The van der Waals surface area contributed by atoms with E-state index >= 15 is 0 Å². The van der Waals surface area contributed by atoms with Gasteiger partial charge in [0, 0.05) is 11.0 Å². The van der Waals surface area contributed by atoms with E-state index in [2.05, 4.69) is 21.2 Å². The molecule has 2 nitrogen and oxygen atoms in total. The molecule has 5 heteroatoms. The molecule has 1 rings (SSSR count). The van der Waals surface area contributed by atoms with E-state index in [1.54, 1.807) is 18.2 Å². The lowest BCUT2D eigenvalue weighted by Gasteiger charge is -2.14. The van der Waals surface area contributed by atoms with Gasteiger partial charge in [0.15, 0.2) is 0 Å². The van der Waals surface area contributed by atoms with Crippen molar-refractivity contribution in [2.75, 3.05) is 6.54 Å². The Bertz CT molecular complexity index is 409. The molecule has 1 unspecified atom stereocenters. The van der Waals surface area contributed by atoms with Crippen LogP contribution in [0.5, 0.6) is 0 Å². The first kappa shape index (κ1) is 14.8. The summed E-state index contributed by atoms with van der Waals surface area (Å²) in [6, 6.07) is 5.15.